The first-order valence-corrected chi connectivity index (χ1v) is 11.2. The van der Waals surface area contributed by atoms with Crippen molar-refractivity contribution in [1.29, 1.82) is 5.41 Å². The largest absolute Gasteiger partial charge is 0.490 e. The van der Waals surface area contributed by atoms with E-state index in [2.05, 4.69) is 17.1 Å². The zero-order valence-electron chi connectivity index (χ0n) is 17.8. The van der Waals surface area contributed by atoms with E-state index in [4.69, 9.17) is 19.7 Å². The molecule has 0 atom stereocenters. The van der Waals surface area contributed by atoms with Crippen molar-refractivity contribution in [3.63, 3.8) is 0 Å². The second kappa shape index (κ2) is 9.74. The van der Waals surface area contributed by atoms with Gasteiger partial charge in [-0.15, -0.1) is 16.8 Å². The Morgan fingerprint density at radius 2 is 1.97 bits per heavy atom. The number of carbonyl (C=O) groups excluding carboxylic acids is 1. The van der Waals surface area contributed by atoms with Crippen molar-refractivity contribution in [2.75, 3.05) is 19.0 Å². The van der Waals surface area contributed by atoms with E-state index >= 15 is 0 Å². The molecule has 0 spiro atoms. The smallest absolute Gasteiger partial charge is 0.282 e. The highest BCUT2D eigenvalue weighted by atomic mass is 32.2. The summed E-state index contributed by atoms with van der Waals surface area (Å²) in [5, 5.41) is 9.59. The summed E-state index contributed by atoms with van der Waals surface area (Å²) in [5.41, 5.74) is 0.849. The lowest BCUT2D eigenvalue weighted by Gasteiger charge is -2.23. The van der Waals surface area contributed by atoms with Crippen LogP contribution >= 0.6 is 11.8 Å². The molecule has 7 nitrogen and oxygen atoms in total. The Morgan fingerprint density at radius 1 is 1.16 bits per heavy atom. The number of rotatable bonds is 8. The van der Waals surface area contributed by atoms with Crippen LogP contribution in [0.15, 0.2) is 75.8 Å². The van der Waals surface area contributed by atoms with Crippen LogP contribution in [-0.2, 0) is 9.63 Å². The van der Waals surface area contributed by atoms with Crippen LogP contribution in [0.2, 0.25) is 0 Å². The molecule has 0 aliphatic carbocycles. The van der Waals surface area contributed by atoms with E-state index in [1.165, 1.54) is 9.96 Å². The fraction of sp³-hybridized carbons (Fsp3) is 0.208. The number of hydroxylamine groups is 2. The number of nitrogens with one attached hydrogen (secondary N) is 1. The van der Waals surface area contributed by atoms with Gasteiger partial charge in [-0.05, 0) is 49.8 Å². The maximum absolute atomic E-state index is 12.5. The minimum Gasteiger partial charge on any atom is -0.490 e. The van der Waals surface area contributed by atoms with Gasteiger partial charge < -0.3 is 14.3 Å². The number of amidine groups is 2. The SMILES string of the molecule is CCOc1cc(/C=C2\C(=N)N3OC(C)=CC3=NC2=O)ccc1OCCSc1ccccc1. The van der Waals surface area contributed by atoms with Crippen LogP contribution in [0.25, 0.3) is 6.08 Å². The van der Waals surface area contributed by atoms with Gasteiger partial charge in [-0.1, -0.05) is 24.3 Å². The Bertz CT molecular complexity index is 1130. The number of ether oxygens (including phenoxy) is 2. The van der Waals surface area contributed by atoms with E-state index in [0.29, 0.717) is 41.9 Å². The molecule has 164 valence electrons. The van der Waals surface area contributed by atoms with Crippen molar-refractivity contribution in [2.24, 2.45) is 4.99 Å². The van der Waals surface area contributed by atoms with Gasteiger partial charge in [-0.2, -0.15) is 4.99 Å². The normalized spacial score (nSPS) is 16.4. The lowest BCUT2D eigenvalue weighted by molar-refractivity contribution is -0.114. The number of nitrogens with zero attached hydrogens (tertiary/aromatic N) is 2. The van der Waals surface area contributed by atoms with Crippen molar-refractivity contribution >= 4 is 35.4 Å². The number of hydrogen-bond acceptors (Lipinski definition) is 6. The van der Waals surface area contributed by atoms with Gasteiger partial charge >= 0.3 is 0 Å². The highest BCUT2D eigenvalue weighted by Gasteiger charge is 2.34. The van der Waals surface area contributed by atoms with Crippen LogP contribution in [-0.4, -0.2) is 41.6 Å². The first-order valence-electron chi connectivity index (χ1n) is 10.2. The van der Waals surface area contributed by atoms with Crippen LogP contribution in [0.4, 0.5) is 0 Å². The van der Waals surface area contributed by atoms with Gasteiger partial charge in [-0.25, -0.2) is 0 Å². The molecule has 0 saturated heterocycles. The van der Waals surface area contributed by atoms with Gasteiger partial charge in [0.25, 0.3) is 5.91 Å². The Morgan fingerprint density at radius 3 is 2.75 bits per heavy atom. The molecule has 1 amide bonds. The third-order valence-corrected chi connectivity index (χ3v) is 5.59. The molecule has 0 radical (unpaired) electrons. The number of aliphatic imine (C=N–C) groups is 1. The average Bonchev–Trinajstić information content (AvgIpc) is 3.16. The summed E-state index contributed by atoms with van der Waals surface area (Å²) in [6.07, 6.45) is 3.23. The Labute approximate surface area is 190 Å². The molecule has 2 aliphatic rings. The minimum atomic E-state index is -0.480. The first-order chi connectivity index (χ1) is 15.5. The van der Waals surface area contributed by atoms with Crippen LogP contribution in [0.5, 0.6) is 11.5 Å². The molecule has 0 aromatic heterocycles. The molecule has 32 heavy (non-hydrogen) atoms. The number of hydrogen-bond donors (Lipinski definition) is 1. The summed E-state index contributed by atoms with van der Waals surface area (Å²) in [4.78, 5) is 23.1. The second-order valence-corrected chi connectivity index (χ2v) is 8.14. The number of allylic oxidation sites excluding steroid dienone is 1. The summed E-state index contributed by atoms with van der Waals surface area (Å²) in [6.45, 7) is 4.65. The monoisotopic (exact) mass is 449 g/mol. The third kappa shape index (κ3) is 4.86. The fourth-order valence-corrected chi connectivity index (χ4v) is 3.95. The van der Waals surface area contributed by atoms with Gasteiger partial charge in [0.05, 0.1) is 18.8 Å². The molecule has 4 rings (SSSR count). The molecule has 0 unspecified atom stereocenters. The summed E-state index contributed by atoms with van der Waals surface area (Å²) in [7, 11) is 0. The molecule has 0 bridgehead atoms. The van der Waals surface area contributed by atoms with Gasteiger partial charge in [-0.3, -0.25) is 10.2 Å². The molecule has 0 fully saturated rings. The van der Waals surface area contributed by atoms with Crippen molar-refractivity contribution < 1.29 is 19.1 Å². The molecule has 2 heterocycles. The quantitative estimate of drug-likeness (QED) is 0.357. The molecule has 8 heteroatoms. The van der Waals surface area contributed by atoms with Gasteiger partial charge in [0.2, 0.25) is 0 Å². The van der Waals surface area contributed by atoms with Crippen LogP contribution in [0.3, 0.4) is 0 Å². The first kappa shape index (κ1) is 21.7. The van der Waals surface area contributed by atoms with E-state index in [-0.39, 0.29) is 11.4 Å². The molecular weight excluding hydrogens is 426 g/mol. The second-order valence-electron chi connectivity index (χ2n) is 6.97. The highest BCUT2D eigenvalue weighted by molar-refractivity contribution is 7.99. The molecule has 1 N–H and O–H groups in total. The molecule has 2 aromatic carbocycles. The lowest BCUT2D eigenvalue weighted by atomic mass is 10.1. The summed E-state index contributed by atoms with van der Waals surface area (Å²) in [6, 6.07) is 15.6. The van der Waals surface area contributed by atoms with E-state index < -0.39 is 5.91 Å². The lowest BCUT2D eigenvalue weighted by Crippen LogP contribution is -2.38. The van der Waals surface area contributed by atoms with E-state index in [1.807, 2.05) is 37.3 Å². The Kier molecular flexibility index (Phi) is 6.61. The zero-order valence-corrected chi connectivity index (χ0v) is 18.6. The third-order valence-electron chi connectivity index (χ3n) is 4.61. The van der Waals surface area contributed by atoms with Crippen LogP contribution in [0.1, 0.15) is 19.4 Å². The van der Waals surface area contributed by atoms with Gasteiger partial charge in [0.1, 0.15) is 5.76 Å². The number of carbonyl (C=O) groups is 1. The number of benzene rings is 2. The maximum atomic E-state index is 12.5. The Balaban J connectivity index is 1.47. The van der Waals surface area contributed by atoms with Crippen LogP contribution in [0, 0.1) is 5.41 Å². The van der Waals surface area contributed by atoms with E-state index in [0.717, 1.165) is 5.75 Å². The standard InChI is InChI=1S/C24H23N3O4S/c1-3-29-21-15-17(9-10-20(21)30-11-12-32-18-7-5-4-6-8-18)14-19-23(25)27-22(26-24(19)28)13-16(2)31-27/h4-10,13-15,25H,3,11-12H2,1-2H3/b19-14+,25-23?. The van der Waals surface area contributed by atoms with E-state index in [1.54, 1.807) is 36.9 Å². The summed E-state index contributed by atoms with van der Waals surface area (Å²) >= 11 is 1.72. The fourth-order valence-electron chi connectivity index (χ4n) is 3.20. The molecule has 0 saturated carbocycles. The van der Waals surface area contributed by atoms with Crippen molar-refractivity contribution in [1.82, 2.24) is 5.06 Å². The topological polar surface area (TPSA) is 84.2 Å². The predicted octanol–water partition coefficient (Wildman–Crippen LogP) is 4.71. The number of thioether (sulfide) groups is 1. The number of amides is 1. The Hall–Kier alpha value is -3.52. The van der Waals surface area contributed by atoms with Gasteiger partial charge in [0, 0.05) is 16.7 Å². The molecule has 2 aliphatic heterocycles. The predicted molar refractivity (Wildman–Crippen MR) is 125 cm³/mol. The average molecular weight is 450 g/mol. The zero-order chi connectivity index (χ0) is 22.5. The van der Waals surface area contributed by atoms with Gasteiger partial charge in [0.15, 0.2) is 23.2 Å². The van der Waals surface area contributed by atoms with Crippen molar-refractivity contribution in [3.05, 3.63) is 71.5 Å². The van der Waals surface area contributed by atoms with Crippen molar-refractivity contribution in [3.8, 4) is 11.5 Å². The summed E-state index contributed by atoms with van der Waals surface area (Å²) < 4.78 is 11.7. The van der Waals surface area contributed by atoms with Crippen LogP contribution < -0.4 is 9.47 Å². The molecule has 2 aromatic rings. The molecular formula is C24H23N3O4S. The highest BCUT2D eigenvalue weighted by Crippen LogP contribution is 2.31. The minimum absolute atomic E-state index is 0.0516. The van der Waals surface area contributed by atoms with Crippen molar-refractivity contribution in [2.45, 2.75) is 18.7 Å². The van der Waals surface area contributed by atoms with E-state index in [9.17, 15) is 4.79 Å². The maximum Gasteiger partial charge on any atom is 0.282 e. The summed E-state index contributed by atoms with van der Waals surface area (Å²) in [5.74, 6) is 2.39. The number of fused-ring (bicyclic) bond motifs is 1.